The molecule has 12 heteroatoms. The summed E-state index contributed by atoms with van der Waals surface area (Å²) in [7, 11) is 1.67. The van der Waals surface area contributed by atoms with Crippen molar-refractivity contribution in [3.05, 3.63) is 96.1 Å². The van der Waals surface area contributed by atoms with Crippen LogP contribution in [0.3, 0.4) is 0 Å². The predicted molar refractivity (Wildman–Crippen MR) is 267 cm³/mol. The maximum Gasteiger partial charge on any atom is 0.333 e. The fourth-order valence-electron chi connectivity index (χ4n) is 8.58. The molecule has 0 aliphatic heterocycles. The summed E-state index contributed by atoms with van der Waals surface area (Å²) >= 11 is 0. The van der Waals surface area contributed by atoms with E-state index in [-0.39, 0.29) is 38.0 Å². The predicted octanol–water partition coefficient (Wildman–Crippen LogP) is 11.9. The van der Waals surface area contributed by atoms with E-state index in [0.29, 0.717) is 57.0 Å². The number of esters is 4. The van der Waals surface area contributed by atoms with Gasteiger partial charge in [0.25, 0.3) is 0 Å². The van der Waals surface area contributed by atoms with Gasteiger partial charge in [-0.25, -0.2) is 9.59 Å². The second kappa shape index (κ2) is 37.5. The van der Waals surface area contributed by atoms with Crippen LogP contribution in [0.1, 0.15) is 154 Å². The van der Waals surface area contributed by atoms with Crippen molar-refractivity contribution >= 4 is 23.9 Å². The van der Waals surface area contributed by atoms with Crippen molar-refractivity contribution in [1.29, 1.82) is 0 Å². The molecule has 0 radical (unpaired) electrons. The number of ether oxygens (including phenoxy) is 8. The van der Waals surface area contributed by atoms with Crippen molar-refractivity contribution in [2.75, 3.05) is 66.6 Å². The maximum atomic E-state index is 12.2. The lowest BCUT2D eigenvalue weighted by Crippen LogP contribution is -2.17. The average molecular weight is 951 g/mol. The van der Waals surface area contributed by atoms with Gasteiger partial charge in [-0.2, -0.15) is 0 Å². The zero-order valence-electron chi connectivity index (χ0n) is 42.5. The first-order valence-electron chi connectivity index (χ1n) is 25.3. The molecule has 0 amide bonds. The Morgan fingerprint density at radius 3 is 1.34 bits per heavy atom. The summed E-state index contributed by atoms with van der Waals surface area (Å²) in [4.78, 5) is 46.9. The lowest BCUT2D eigenvalue weighted by molar-refractivity contribution is -0.154. The third kappa shape index (κ3) is 25.8. The molecule has 68 heavy (non-hydrogen) atoms. The van der Waals surface area contributed by atoms with Gasteiger partial charge in [0.1, 0.15) is 0 Å². The largest absolute Gasteiger partial charge is 0.462 e. The molecule has 0 aromatic heterocycles. The maximum absolute atomic E-state index is 12.2. The van der Waals surface area contributed by atoms with Crippen molar-refractivity contribution in [3.63, 3.8) is 0 Å². The Labute approximate surface area is 409 Å². The molecular formula is C56H86O12. The molecule has 5 rings (SSSR count). The van der Waals surface area contributed by atoms with Crippen molar-refractivity contribution < 1.29 is 57.1 Å². The minimum Gasteiger partial charge on any atom is -0.462 e. The molecular weight excluding hydrogens is 865 g/mol. The van der Waals surface area contributed by atoms with Gasteiger partial charge in [0.15, 0.2) is 12.2 Å². The van der Waals surface area contributed by atoms with Gasteiger partial charge in [0.05, 0.1) is 26.4 Å². The summed E-state index contributed by atoms with van der Waals surface area (Å²) in [6.07, 6.45) is 14.6. The molecule has 3 fully saturated rings. The van der Waals surface area contributed by atoms with Crippen LogP contribution in [0.5, 0.6) is 0 Å². The molecule has 0 spiro atoms. The molecule has 2 aromatic rings. The number of fused-ring (bicyclic) bond motifs is 5. The van der Waals surface area contributed by atoms with Crippen LogP contribution in [0, 0.1) is 23.7 Å². The summed E-state index contributed by atoms with van der Waals surface area (Å²) in [6.45, 7) is 20.6. The van der Waals surface area contributed by atoms with Gasteiger partial charge in [-0.15, -0.1) is 0 Å². The average Bonchev–Trinajstić information content (AvgIpc) is 4.11. The zero-order chi connectivity index (χ0) is 49.8. The number of carbonyl (C=O) groups excluding carboxylic acids is 4. The highest BCUT2D eigenvalue weighted by Crippen LogP contribution is 2.58. The number of rotatable bonds is 29. The van der Waals surface area contributed by atoms with Crippen LogP contribution >= 0.6 is 0 Å². The minimum atomic E-state index is -0.460. The molecule has 2 aromatic carbocycles. The Morgan fingerprint density at radius 1 is 0.559 bits per heavy atom. The van der Waals surface area contributed by atoms with Crippen molar-refractivity contribution in [3.8, 4) is 0 Å². The van der Waals surface area contributed by atoms with Crippen molar-refractivity contribution in [2.45, 2.75) is 143 Å². The fourth-order valence-corrected chi connectivity index (χ4v) is 8.58. The highest BCUT2D eigenvalue weighted by molar-refractivity contribution is 5.87. The van der Waals surface area contributed by atoms with Crippen molar-refractivity contribution in [2.24, 2.45) is 23.7 Å². The Hall–Kier alpha value is -4.36. The monoisotopic (exact) mass is 951 g/mol. The topological polar surface area (TPSA) is 142 Å². The van der Waals surface area contributed by atoms with Gasteiger partial charge in [0, 0.05) is 64.1 Å². The lowest BCUT2D eigenvalue weighted by atomic mass is 9.82. The highest BCUT2D eigenvalue weighted by atomic mass is 16.6. The van der Waals surface area contributed by atoms with Crippen LogP contribution in [0.25, 0.3) is 0 Å². The van der Waals surface area contributed by atoms with Crippen LogP contribution in [-0.4, -0.2) is 90.4 Å². The first-order valence-corrected chi connectivity index (χ1v) is 25.3. The van der Waals surface area contributed by atoms with Gasteiger partial charge in [0.2, 0.25) is 0 Å². The summed E-state index contributed by atoms with van der Waals surface area (Å²) < 4.78 is 42.8. The van der Waals surface area contributed by atoms with E-state index in [0.717, 1.165) is 50.0 Å². The lowest BCUT2D eigenvalue weighted by Gasteiger charge is -2.23. The molecule has 382 valence electrons. The molecule has 0 N–H and O–H groups in total. The summed E-state index contributed by atoms with van der Waals surface area (Å²) in [5.74, 6) is 3.20. The molecule has 3 saturated carbocycles. The zero-order valence-corrected chi connectivity index (χ0v) is 42.5. The first kappa shape index (κ1) is 59.8. The number of carbonyl (C=O) groups is 4. The number of benzene rings is 2. The Kier molecular flexibility index (Phi) is 33.0. The van der Waals surface area contributed by atoms with E-state index in [4.69, 9.17) is 37.9 Å². The molecule has 12 nitrogen and oxygen atoms in total. The summed E-state index contributed by atoms with van der Waals surface area (Å²) in [6, 6.07) is 19.0. The van der Waals surface area contributed by atoms with E-state index >= 15 is 0 Å². The summed E-state index contributed by atoms with van der Waals surface area (Å²) in [5, 5.41) is 0. The quantitative estimate of drug-likeness (QED) is 0.0331. The van der Waals surface area contributed by atoms with Gasteiger partial charge in [-0.05, 0) is 126 Å². The van der Waals surface area contributed by atoms with Crippen LogP contribution in [0.4, 0.5) is 0 Å². The Balaban J connectivity index is 0.000000367. The molecule has 0 heterocycles. The van der Waals surface area contributed by atoms with E-state index in [2.05, 4.69) is 27.0 Å². The van der Waals surface area contributed by atoms with Gasteiger partial charge < -0.3 is 37.9 Å². The molecule has 3 aliphatic rings. The van der Waals surface area contributed by atoms with E-state index in [1.54, 1.807) is 59.5 Å². The summed E-state index contributed by atoms with van der Waals surface area (Å²) in [5.41, 5.74) is 2.45. The number of methoxy groups -OCH3 is 1. The second-order valence-corrected chi connectivity index (χ2v) is 17.9. The van der Waals surface area contributed by atoms with Crippen LogP contribution in [0.2, 0.25) is 0 Å². The highest BCUT2D eigenvalue weighted by Gasteiger charge is 2.48. The SMILES string of the molecule is C1CC2C3CCC(C3)C2C1.C=C(C)C(=O)OCCCC(=O)OC(COCCCCOC)c1ccccc1.C=C(C)C(=O)OCCCC(=O)OC(COCCCCOCC)c1ccccc1.CCC. The minimum absolute atomic E-state index is 0.160. The normalized spacial score (nSPS) is 18.1. The van der Waals surface area contributed by atoms with E-state index in [9.17, 15) is 19.2 Å². The third-order valence-corrected chi connectivity index (χ3v) is 11.9. The van der Waals surface area contributed by atoms with E-state index in [1.807, 2.05) is 67.6 Å². The second-order valence-electron chi connectivity index (χ2n) is 17.9. The Morgan fingerprint density at radius 2 is 0.956 bits per heavy atom. The van der Waals surface area contributed by atoms with Crippen LogP contribution in [-0.2, 0) is 57.1 Å². The number of hydrogen-bond donors (Lipinski definition) is 0. The molecule has 6 unspecified atom stereocenters. The van der Waals surface area contributed by atoms with Crippen LogP contribution in [0.15, 0.2) is 85.0 Å². The number of hydrogen-bond acceptors (Lipinski definition) is 12. The van der Waals surface area contributed by atoms with Gasteiger partial charge in [-0.3, -0.25) is 9.59 Å². The van der Waals surface area contributed by atoms with Gasteiger partial charge >= 0.3 is 23.9 Å². The number of unbranched alkanes of at least 4 members (excludes halogenated alkanes) is 2. The Bertz CT molecular complexity index is 1660. The van der Waals surface area contributed by atoms with Crippen LogP contribution < -0.4 is 0 Å². The molecule has 3 aliphatic carbocycles. The smallest absolute Gasteiger partial charge is 0.333 e. The van der Waals surface area contributed by atoms with E-state index in [1.165, 1.54) is 30.1 Å². The fraction of sp³-hybridized carbons (Fsp3) is 0.643. The van der Waals surface area contributed by atoms with Gasteiger partial charge in [-0.1, -0.05) is 101 Å². The molecule has 2 bridgehead atoms. The standard InChI is InChI=1S/C22H32O6.C21H30O6.C10H16.C3H8/c1-4-25-14-8-9-15-26-17-20(19-11-6-5-7-12-19)28-21(23)13-10-16-27-22(24)18(2)3;1-17(2)21(23)26-15-9-12-20(22)27-19(18-10-5-4-6-11-18)16-25-14-8-7-13-24-3;1-2-9-7-4-5-8(6-7)10(9)3-1;1-3-2/h5-7,11-12,20H,2,4,8-10,13-17H2,1,3H3;4-6,10-11,19H,1,7-9,12-16H2,2-3H3;7-10H,1-6H2;3H2,1-2H3. The first-order chi connectivity index (χ1) is 32.9. The van der Waals surface area contributed by atoms with Crippen molar-refractivity contribution in [1.82, 2.24) is 0 Å². The van der Waals surface area contributed by atoms with E-state index < -0.39 is 24.1 Å². The molecule has 6 atom stereocenters. The molecule has 0 saturated heterocycles. The third-order valence-electron chi connectivity index (χ3n) is 11.9.